The molecule has 1 aromatic heterocycles. The van der Waals surface area contributed by atoms with Crippen LogP contribution < -0.4 is 10.6 Å². The highest BCUT2D eigenvalue weighted by Gasteiger charge is 2.18. The summed E-state index contributed by atoms with van der Waals surface area (Å²) < 4.78 is 14.3. The van der Waals surface area contributed by atoms with Crippen LogP contribution >= 0.6 is 11.8 Å². The fourth-order valence-corrected chi connectivity index (χ4v) is 4.49. The van der Waals surface area contributed by atoms with Crippen molar-refractivity contribution in [1.82, 2.24) is 15.3 Å². The van der Waals surface area contributed by atoms with Crippen molar-refractivity contribution in [3.63, 3.8) is 0 Å². The molecule has 2 aliphatic rings. The number of halogens is 1. The highest BCUT2D eigenvalue weighted by Crippen LogP contribution is 2.28. The molecule has 6 heteroatoms. The lowest BCUT2D eigenvalue weighted by Crippen LogP contribution is -2.29. The smallest absolute Gasteiger partial charge is 0.147 e. The molecule has 1 aromatic carbocycles. The van der Waals surface area contributed by atoms with E-state index in [0.717, 1.165) is 42.1 Å². The normalized spacial score (nSPS) is 19.1. The molecule has 2 N–H and O–H groups in total. The SMILES string of the molecule is Fc1cc2cnc(CSC3CCNCC3)nc2cc1NCC1CCC1. The lowest BCUT2D eigenvalue weighted by Gasteiger charge is -2.26. The van der Waals surface area contributed by atoms with E-state index in [0.29, 0.717) is 16.9 Å². The second kappa shape index (κ2) is 7.87. The average molecular weight is 361 g/mol. The van der Waals surface area contributed by atoms with Gasteiger partial charge in [-0.25, -0.2) is 14.4 Å². The first kappa shape index (κ1) is 17.0. The highest BCUT2D eigenvalue weighted by molar-refractivity contribution is 7.99. The number of benzene rings is 1. The molecule has 25 heavy (non-hydrogen) atoms. The second-order valence-corrected chi connectivity index (χ2v) is 8.40. The highest BCUT2D eigenvalue weighted by atomic mass is 32.2. The third-order valence-corrected chi connectivity index (χ3v) is 6.63. The van der Waals surface area contributed by atoms with Gasteiger partial charge in [-0.2, -0.15) is 11.8 Å². The van der Waals surface area contributed by atoms with Crippen molar-refractivity contribution < 1.29 is 4.39 Å². The van der Waals surface area contributed by atoms with Crippen molar-refractivity contribution >= 4 is 28.4 Å². The predicted molar refractivity (Wildman–Crippen MR) is 103 cm³/mol. The minimum atomic E-state index is -0.216. The minimum absolute atomic E-state index is 0.216. The number of piperidine rings is 1. The van der Waals surface area contributed by atoms with Gasteiger partial charge in [-0.1, -0.05) is 6.42 Å². The number of rotatable bonds is 6. The lowest BCUT2D eigenvalue weighted by atomic mass is 9.85. The molecule has 1 aliphatic carbocycles. The van der Waals surface area contributed by atoms with E-state index in [-0.39, 0.29) is 5.82 Å². The lowest BCUT2D eigenvalue weighted by molar-refractivity contribution is 0.333. The summed E-state index contributed by atoms with van der Waals surface area (Å²) in [5, 5.41) is 8.11. The monoisotopic (exact) mass is 360 g/mol. The van der Waals surface area contributed by atoms with Crippen LogP contribution in [0.4, 0.5) is 10.1 Å². The van der Waals surface area contributed by atoms with Gasteiger partial charge in [0.15, 0.2) is 0 Å². The topological polar surface area (TPSA) is 49.8 Å². The molecule has 4 rings (SSSR count). The Balaban J connectivity index is 1.44. The van der Waals surface area contributed by atoms with Crippen LogP contribution in [0.5, 0.6) is 0 Å². The predicted octanol–water partition coefficient (Wildman–Crippen LogP) is 3.97. The van der Waals surface area contributed by atoms with Crippen LogP contribution in [0.2, 0.25) is 0 Å². The molecule has 2 fully saturated rings. The van der Waals surface area contributed by atoms with Crippen molar-refractivity contribution in [3.8, 4) is 0 Å². The van der Waals surface area contributed by atoms with Crippen molar-refractivity contribution in [2.75, 3.05) is 25.0 Å². The molecule has 2 heterocycles. The van der Waals surface area contributed by atoms with E-state index in [4.69, 9.17) is 0 Å². The molecule has 0 bridgehead atoms. The Morgan fingerprint density at radius 2 is 2.04 bits per heavy atom. The maximum absolute atomic E-state index is 14.3. The third kappa shape index (κ3) is 4.23. The van der Waals surface area contributed by atoms with Crippen molar-refractivity contribution in [2.45, 2.75) is 43.1 Å². The van der Waals surface area contributed by atoms with Crippen LogP contribution in [0.15, 0.2) is 18.3 Å². The summed E-state index contributed by atoms with van der Waals surface area (Å²) in [6.07, 6.45) is 7.97. The van der Waals surface area contributed by atoms with Gasteiger partial charge in [-0.05, 0) is 56.8 Å². The third-order valence-electron chi connectivity index (χ3n) is 5.26. The Labute approximate surface area is 152 Å². The minimum Gasteiger partial charge on any atom is -0.382 e. The van der Waals surface area contributed by atoms with Gasteiger partial charge < -0.3 is 10.6 Å². The summed E-state index contributed by atoms with van der Waals surface area (Å²) in [6.45, 7) is 3.06. The molecule has 0 radical (unpaired) electrons. The first-order valence-electron chi connectivity index (χ1n) is 9.29. The van der Waals surface area contributed by atoms with Crippen LogP contribution in [0, 0.1) is 11.7 Å². The molecule has 2 aromatic rings. The molecule has 4 nitrogen and oxygen atoms in total. The van der Waals surface area contributed by atoms with Gasteiger partial charge in [-0.15, -0.1) is 0 Å². The number of hydrogen-bond donors (Lipinski definition) is 2. The molecule has 1 aliphatic heterocycles. The first-order chi connectivity index (χ1) is 12.3. The zero-order valence-electron chi connectivity index (χ0n) is 14.4. The fourth-order valence-electron chi connectivity index (χ4n) is 3.40. The fraction of sp³-hybridized carbons (Fsp3) is 0.579. The molecule has 1 saturated heterocycles. The quantitative estimate of drug-likeness (QED) is 0.816. The zero-order valence-corrected chi connectivity index (χ0v) is 15.2. The Morgan fingerprint density at radius 3 is 2.80 bits per heavy atom. The van der Waals surface area contributed by atoms with Gasteiger partial charge in [0, 0.05) is 23.4 Å². The van der Waals surface area contributed by atoms with Crippen LogP contribution in [-0.2, 0) is 5.75 Å². The Bertz CT molecular complexity index is 729. The maximum Gasteiger partial charge on any atom is 0.147 e. The number of fused-ring (bicyclic) bond motifs is 1. The number of thioether (sulfide) groups is 1. The summed E-state index contributed by atoms with van der Waals surface area (Å²) in [7, 11) is 0. The van der Waals surface area contributed by atoms with E-state index in [1.54, 1.807) is 12.3 Å². The van der Waals surface area contributed by atoms with Gasteiger partial charge in [0.25, 0.3) is 0 Å². The molecule has 0 atom stereocenters. The largest absolute Gasteiger partial charge is 0.382 e. The van der Waals surface area contributed by atoms with E-state index < -0.39 is 0 Å². The number of anilines is 1. The van der Waals surface area contributed by atoms with Crippen LogP contribution in [-0.4, -0.2) is 34.9 Å². The number of nitrogens with zero attached hydrogens (tertiary/aromatic N) is 2. The van der Waals surface area contributed by atoms with Crippen LogP contribution in [0.25, 0.3) is 10.9 Å². The first-order valence-corrected chi connectivity index (χ1v) is 10.3. The number of nitrogens with one attached hydrogen (secondary N) is 2. The standard InChI is InChI=1S/C19H25FN4S/c20-16-8-14-11-23-19(12-25-15-4-6-21-7-5-15)24-17(14)9-18(16)22-10-13-2-1-3-13/h8-9,11,13,15,21-22H,1-7,10,12H2. The molecule has 0 amide bonds. The summed E-state index contributed by atoms with van der Waals surface area (Å²) in [5.41, 5.74) is 1.39. The van der Waals surface area contributed by atoms with Gasteiger partial charge in [0.05, 0.1) is 17.0 Å². The summed E-state index contributed by atoms with van der Waals surface area (Å²) in [5.74, 6) is 2.14. The van der Waals surface area contributed by atoms with E-state index >= 15 is 0 Å². The van der Waals surface area contributed by atoms with E-state index in [9.17, 15) is 4.39 Å². The maximum atomic E-state index is 14.3. The van der Waals surface area contributed by atoms with E-state index in [1.165, 1.54) is 32.1 Å². The van der Waals surface area contributed by atoms with Crippen molar-refractivity contribution in [3.05, 3.63) is 30.0 Å². The van der Waals surface area contributed by atoms with Crippen LogP contribution in [0.1, 0.15) is 37.9 Å². The molecule has 1 saturated carbocycles. The number of aromatic nitrogens is 2. The number of hydrogen-bond acceptors (Lipinski definition) is 5. The summed E-state index contributed by atoms with van der Waals surface area (Å²) >= 11 is 1.94. The van der Waals surface area contributed by atoms with Crippen LogP contribution in [0.3, 0.4) is 0 Å². The van der Waals surface area contributed by atoms with Crippen molar-refractivity contribution in [2.24, 2.45) is 5.92 Å². The molecule has 134 valence electrons. The zero-order chi connectivity index (χ0) is 17.1. The summed E-state index contributed by atoms with van der Waals surface area (Å²) in [4.78, 5) is 9.09. The average Bonchev–Trinajstić information content (AvgIpc) is 2.60. The molecular formula is C19H25FN4S. The van der Waals surface area contributed by atoms with Gasteiger partial charge in [0.1, 0.15) is 11.6 Å². The molecule has 0 spiro atoms. The Hall–Kier alpha value is -1.40. The van der Waals surface area contributed by atoms with Crippen molar-refractivity contribution in [1.29, 1.82) is 0 Å². The molecule has 0 unspecified atom stereocenters. The summed E-state index contributed by atoms with van der Waals surface area (Å²) in [6, 6.07) is 3.38. The second-order valence-electron chi connectivity index (χ2n) is 7.12. The van der Waals surface area contributed by atoms with E-state index in [2.05, 4.69) is 20.6 Å². The van der Waals surface area contributed by atoms with Gasteiger partial charge >= 0.3 is 0 Å². The van der Waals surface area contributed by atoms with Gasteiger partial charge in [0.2, 0.25) is 0 Å². The molecular weight excluding hydrogens is 335 g/mol. The van der Waals surface area contributed by atoms with E-state index in [1.807, 2.05) is 17.8 Å². The van der Waals surface area contributed by atoms with Gasteiger partial charge in [-0.3, -0.25) is 0 Å². The Morgan fingerprint density at radius 1 is 1.20 bits per heavy atom. The Kier molecular flexibility index (Phi) is 5.36.